The number of hydrogen-bond donors (Lipinski definition) is 0. The van der Waals surface area contributed by atoms with E-state index in [0.29, 0.717) is 22.1 Å². The van der Waals surface area contributed by atoms with Crippen molar-refractivity contribution in [3.63, 3.8) is 0 Å². The topological polar surface area (TPSA) is 96.0 Å². The minimum atomic E-state index is -3.53. The second kappa shape index (κ2) is 13.6. The molecule has 43 heavy (non-hydrogen) atoms. The van der Waals surface area contributed by atoms with E-state index in [0.717, 1.165) is 16.9 Å². The van der Waals surface area contributed by atoms with Crippen LogP contribution in [-0.2, 0) is 19.7 Å². The number of sulfone groups is 2. The first-order chi connectivity index (χ1) is 20.5. The Morgan fingerprint density at radius 2 is 0.605 bits per heavy atom. The Labute approximate surface area is 253 Å². The molecule has 5 aromatic carbocycles. The van der Waals surface area contributed by atoms with Gasteiger partial charge in [-0.1, -0.05) is 35.4 Å². The van der Waals surface area contributed by atoms with E-state index in [2.05, 4.69) is 0 Å². The highest BCUT2D eigenvalue weighted by Crippen LogP contribution is 2.27. The van der Waals surface area contributed by atoms with Gasteiger partial charge in [0.05, 0.1) is 33.8 Å². The van der Waals surface area contributed by atoms with Gasteiger partial charge in [-0.05, 0) is 111 Å². The number of aryl methyl sites for hydroxylation is 2. The normalized spacial score (nSPS) is 11.2. The standard InChI is InChI=1S/C20H18O4S.C14H14O3S/c1-15-3-11-19(12-4-15)25(21,22)20-13-9-18(10-14-20)24-17-7-5-16(23-2)6-8-17;1-11-3-7-13(8-4-11)18(15,16)14-9-5-12(17-2)6-10-14/h3-14H,1-2H3;3-10H,1-2H3. The van der Waals surface area contributed by atoms with Gasteiger partial charge in [-0.3, -0.25) is 0 Å². The Balaban J connectivity index is 0.000000208. The molecule has 0 radical (unpaired) electrons. The third-order valence-corrected chi connectivity index (χ3v) is 10.0. The van der Waals surface area contributed by atoms with Crippen LogP contribution in [0.4, 0.5) is 0 Å². The summed E-state index contributed by atoms with van der Waals surface area (Å²) < 4.78 is 65.7. The van der Waals surface area contributed by atoms with Crippen LogP contribution in [0.5, 0.6) is 23.0 Å². The van der Waals surface area contributed by atoms with E-state index in [9.17, 15) is 16.8 Å². The molecule has 0 unspecified atom stereocenters. The van der Waals surface area contributed by atoms with E-state index >= 15 is 0 Å². The number of benzene rings is 5. The Bertz CT molecular complexity index is 1850. The quantitative estimate of drug-likeness (QED) is 0.179. The van der Waals surface area contributed by atoms with Gasteiger partial charge in [-0.25, -0.2) is 16.8 Å². The van der Waals surface area contributed by atoms with Crippen molar-refractivity contribution in [3.05, 3.63) is 132 Å². The van der Waals surface area contributed by atoms with Crippen molar-refractivity contribution in [2.75, 3.05) is 14.2 Å². The summed E-state index contributed by atoms with van der Waals surface area (Å²) in [6, 6.07) is 33.6. The fourth-order valence-electron chi connectivity index (χ4n) is 3.93. The van der Waals surface area contributed by atoms with Crippen LogP contribution < -0.4 is 14.2 Å². The predicted molar refractivity (Wildman–Crippen MR) is 166 cm³/mol. The summed E-state index contributed by atoms with van der Waals surface area (Å²) in [7, 11) is -3.82. The molecule has 0 N–H and O–H groups in total. The van der Waals surface area contributed by atoms with E-state index in [1.54, 1.807) is 136 Å². The number of ether oxygens (including phenoxy) is 3. The van der Waals surface area contributed by atoms with Crippen molar-refractivity contribution in [3.8, 4) is 23.0 Å². The van der Waals surface area contributed by atoms with Crippen LogP contribution in [-0.4, -0.2) is 31.1 Å². The number of rotatable bonds is 8. The molecule has 222 valence electrons. The molecule has 7 nitrogen and oxygen atoms in total. The molecule has 5 rings (SSSR count). The molecular formula is C34H32O7S2. The first-order valence-corrected chi connectivity index (χ1v) is 16.2. The first-order valence-electron chi connectivity index (χ1n) is 13.2. The maximum atomic E-state index is 12.6. The molecule has 0 spiro atoms. The lowest BCUT2D eigenvalue weighted by molar-refractivity contribution is 0.413. The molecular weight excluding hydrogens is 585 g/mol. The Morgan fingerprint density at radius 1 is 0.372 bits per heavy atom. The largest absolute Gasteiger partial charge is 0.497 e. The smallest absolute Gasteiger partial charge is 0.206 e. The van der Waals surface area contributed by atoms with Crippen LogP contribution in [0.3, 0.4) is 0 Å². The summed E-state index contributed by atoms with van der Waals surface area (Å²) in [4.78, 5) is 1.09. The molecule has 0 fully saturated rings. The third-order valence-electron chi connectivity index (χ3n) is 6.46. The molecule has 0 saturated heterocycles. The molecule has 0 amide bonds. The monoisotopic (exact) mass is 616 g/mol. The van der Waals surface area contributed by atoms with Crippen LogP contribution in [0.2, 0.25) is 0 Å². The van der Waals surface area contributed by atoms with Crippen molar-refractivity contribution in [1.82, 2.24) is 0 Å². The van der Waals surface area contributed by atoms with Crippen molar-refractivity contribution >= 4 is 19.7 Å². The van der Waals surface area contributed by atoms with Crippen molar-refractivity contribution in [2.24, 2.45) is 0 Å². The van der Waals surface area contributed by atoms with Crippen LogP contribution in [0.1, 0.15) is 11.1 Å². The minimum absolute atomic E-state index is 0.235. The summed E-state index contributed by atoms with van der Waals surface area (Å²) in [5, 5.41) is 0. The van der Waals surface area contributed by atoms with E-state index < -0.39 is 19.7 Å². The average Bonchev–Trinajstić information content (AvgIpc) is 3.02. The second-order valence-corrected chi connectivity index (χ2v) is 13.5. The second-order valence-electron chi connectivity index (χ2n) is 9.56. The highest BCUT2D eigenvalue weighted by Gasteiger charge is 2.18. The van der Waals surface area contributed by atoms with Crippen molar-refractivity contribution in [2.45, 2.75) is 33.4 Å². The lowest BCUT2D eigenvalue weighted by Crippen LogP contribution is -2.01. The Hall–Kier alpha value is -4.60. The molecule has 0 aliphatic rings. The molecule has 0 aromatic heterocycles. The summed E-state index contributed by atoms with van der Waals surface area (Å²) in [5.41, 5.74) is 2.05. The molecule has 0 bridgehead atoms. The molecule has 9 heteroatoms. The lowest BCUT2D eigenvalue weighted by Gasteiger charge is -2.08. The molecule has 5 aromatic rings. The SMILES string of the molecule is COc1ccc(Oc2ccc(S(=O)(=O)c3ccc(C)cc3)cc2)cc1.COc1ccc(S(=O)(=O)c2ccc(C)cc2)cc1. The zero-order chi connectivity index (χ0) is 31.0. The Kier molecular flexibility index (Phi) is 9.90. The van der Waals surface area contributed by atoms with E-state index in [4.69, 9.17) is 14.2 Å². The maximum Gasteiger partial charge on any atom is 0.206 e. The maximum absolute atomic E-state index is 12.6. The van der Waals surface area contributed by atoms with E-state index in [1.807, 2.05) is 13.8 Å². The number of methoxy groups -OCH3 is 2. The van der Waals surface area contributed by atoms with Gasteiger partial charge < -0.3 is 14.2 Å². The predicted octanol–water partition coefficient (Wildman–Crippen LogP) is 7.47. The van der Waals surface area contributed by atoms with E-state index in [1.165, 1.54) is 0 Å². The minimum Gasteiger partial charge on any atom is -0.497 e. The van der Waals surface area contributed by atoms with Gasteiger partial charge in [0.25, 0.3) is 0 Å². The third kappa shape index (κ3) is 7.82. The van der Waals surface area contributed by atoms with Crippen LogP contribution >= 0.6 is 0 Å². The summed E-state index contributed by atoms with van der Waals surface area (Å²) >= 11 is 0. The van der Waals surface area contributed by atoms with E-state index in [-0.39, 0.29) is 14.7 Å². The first kappa shape index (κ1) is 31.3. The zero-order valence-electron chi connectivity index (χ0n) is 24.2. The summed E-state index contributed by atoms with van der Waals surface area (Å²) in [6.45, 7) is 3.84. The van der Waals surface area contributed by atoms with Crippen molar-refractivity contribution < 1.29 is 31.0 Å². The fourth-order valence-corrected chi connectivity index (χ4v) is 6.45. The van der Waals surface area contributed by atoms with Crippen LogP contribution in [0.15, 0.2) is 141 Å². The molecule has 0 atom stereocenters. The van der Waals surface area contributed by atoms with Gasteiger partial charge in [0, 0.05) is 0 Å². The summed E-state index contributed by atoms with van der Waals surface area (Å²) in [6.07, 6.45) is 0. The average molecular weight is 617 g/mol. The van der Waals surface area contributed by atoms with Gasteiger partial charge in [-0.15, -0.1) is 0 Å². The van der Waals surface area contributed by atoms with Crippen LogP contribution in [0, 0.1) is 13.8 Å². The fraction of sp³-hybridized carbons (Fsp3) is 0.118. The summed E-state index contributed by atoms with van der Waals surface area (Å²) in [5.74, 6) is 2.59. The Morgan fingerprint density at radius 3 is 0.907 bits per heavy atom. The van der Waals surface area contributed by atoms with Gasteiger partial charge in [0.15, 0.2) is 0 Å². The zero-order valence-corrected chi connectivity index (χ0v) is 25.9. The lowest BCUT2D eigenvalue weighted by atomic mass is 10.2. The molecule has 0 aliphatic heterocycles. The highest BCUT2D eigenvalue weighted by atomic mass is 32.2. The highest BCUT2D eigenvalue weighted by molar-refractivity contribution is 7.91. The van der Waals surface area contributed by atoms with Gasteiger partial charge in [0.2, 0.25) is 19.7 Å². The van der Waals surface area contributed by atoms with Crippen LogP contribution in [0.25, 0.3) is 0 Å². The van der Waals surface area contributed by atoms with Crippen molar-refractivity contribution in [1.29, 1.82) is 0 Å². The molecule has 0 aliphatic carbocycles. The van der Waals surface area contributed by atoms with Gasteiger partial charge >= 0.3 is 0 Å². The molecule has 0 saturated carbocycles. The van der Waals surface area contributed by atoms with Gasteiger partial charge in [-0.2, -0.15) is 0 Å². The molecule has 0 heterocycles. The van der Waals surface area contributed by atoms with Gasteiger partial charge in [0.1, 0.15) is 23.0 Å². The number of hydrogen-bond acceptors (Lipinski definition) is 7.